The van der Waals surface area contributed by atoms with Crippen molar-refractivity contribution in [2.75, 3.05) is 20.0 Å². The van der Waals surface area contributed by atoms with Crippen molar-refractivity contribution in [1.29, 1.82) is 0 Å². The molecule has 0 saturated heterocycles. The summed E-state index contributed by atoms with van der Waals surface area (Å²) in [6.45, 7) is 4.40. The molecule has 0 spiro atoms. The van der Waals surface area contributed by atoms with Gasteiger partial charge in [0.05, 0.1) is 13.0 Å². The number of Topliss-reactive ketones (excluding diaryl/α,β-unsaturated/α-hetero) is 2. The third kappa shape index (κ3) is 9.17. The third-order valence-corrected chi connectivity index (χ3v) is 1.34. The molecular weight excluding hydrogens is 172 g/mol. The van der Waals surface area contributed by atoms with Crippen molar-refractivity contribution < 1.29 is 19.1 Å². The van der Waals surface area contributed by atoms with Gasteiger partial charge in [-0.25, -0.2) is 0 Å². The molecule has 4 nitrogen and oxygen atoms in total. The third-order valence-electron chi connectivity index (χ3n) is 1.34. The molecule has 0 aliphatic carbocycles. The SMILES string of the molecule is CCOCOCCC(=O)CC(C)=O. The normalized spacial score (nSPS) is 10.0. The van der Waals surface area contributed by atoms with Crippen LogP contribution in [-0.4, -0.2) is 31.6 Å². The molecule has 0 radical (unpaired) electrons. The Kier molecular flexibility index (Phi) is 7.44. The van der Waals surface area contributed by atoms with Gasteiger partial charge in [-0.05, 0) is 13.8 Å². The second-order valence-electron chi connectivity index (χ2n) is 2.69. The highest BCUT2D eigenvalue weighted by atomic mass is 16.7. The summed E-state index contributed by atoms with van der Waals surface area (Å²) in [6, 6.07) is 0. The van der Waals surface area contributed by atoms with Crippen LogP contribution in [0.15, 0.2) is 0 Å². The minimum atomic E-state index is -0.102. The van der Waals surface area contributed by atoms with E-state index in [1.54, 1.807) is 0 Å². The van der Waals surface area contributed by atoms with E-state index in [0.717, 1.165) is 0 Å². The van der Waals surface area contributed by atoms with Gasteiger partial charge >= 0.3 is 0 Å². The first-order chi connectivity index (χ1) is 6.16. The molecule has 13 heavy (non-hydrogen) atoms. The molecule has 0 atom stereocenters. The zero-order valence-electron chi connectivity index (χ0n) is 8.17. The molecule has 0 N–H and O–H groups in total. The lowest BCUT2D eigenvalue weighted by atomic mass is 10.2. The van der Waals surface area contributed by atoms with Gasteiger partial charge in [0, 0.05) is 13.0 Å². The van der Waals surface area contributed by atoms with Crippen molar-refractivity contribution in [3.8, 4) is 0 Å². The highest BCUT2D eigenvalue weighted by Gasteiger charge is 2.04. The summed E-state index contributed by atoms with van der Waals surface area (Å²) in [5.41, 5.74) is 0. The van der Waals surface area contributed by atoms with E-state index >= 15 is 0 Å². The molecule has 0 rings (SSSR count). The monoisotopic (exact) mass is 188 g/mol. The Bertz CT molecular complexity index is 165. The largest absolute Gasteiger partial charge is 0.356 e. The van der Waals surface area contributed by atoms with Crippen LogP contribution >= 0.6 is 0 Å². The van der Waals surface area contributed by atoms with Crippen LogP contribution in [0.3, 0.4) is 0 Å². The van der Waals surface area contributed by atoms with Crippen LogP contribution in [-0.2, 0) is 19.1 Å². The van der Waals surface area contributed by atoms with E-state index in [1.807, 2.05) is 6.92 Å². The van der Waals surface area contributed by atoms with Crippen LogP contribution in [0.2, 0.25) is 0 Å². The van der Waals surface area contributed by atoms with Gasteiger partial charge in [0.2, 0.25) is 0 Å². The lowest BCUT2D eigenvalue weighted by molar-refractivity contribution is -0.127. The molecule has 0 bridgehead atoms. The van der Waals surface area contributed by atoms with Gasteiger partial charge in [-0.3, -0.25) is 9.59 Å². The van der Waals surface area contributed by atoms with Gasteiger partial charge in [-0.2, -0.15) is 0 Å². The molecule has 0 aromatic rings. The number of carbonyl (C=O) groups excluding carboxylic acids is 2. The Balaban J connectivity index is 3.22. The van der Waals surface area contributed by atoms with Gasteiger partial charge < -0.3 is 9.47 Å². The standard InChI is InChI=1S/C9H16O4/c1-3-12-7-13-5-4-9(11)6-8(2)10/h3-7H2,1-2H3. The molecular formula is C9H16O4. The Morgan fingerprint density at radius 2 is 1.92 bits per heavy atom. The molecule has 76 valence electrons. The minimum Gasteiger partial charge on any atom is -0.356 e. The summed E-state index contributed by atoms with van der Waals surface area (Å²) in [5, 5.41) is 0. The second kappa shape index (κ2) is 7.89. The maximum absolute atomic E-state index is 10.9. The van der Waals surface area contributed by atoms with E-state index in [2.05, 4.69) is 0 Å². The first-order valence-electron chi connectivity index (χ1n) is 4.33. The minimum absolute atomic E-state index is 0.0119. The predicted octanol–water partition coefficient (Wildman–Crippen LogP) is 0.935. The van der Waals surface area contributed by atoms with E-state index < -0.39 is 0 Å². The molecule has 0 aromatic carbocycles. The summed E-state index contributed by atoms with van der Waals surface area (Å²) in [5.74, 6) is -0.182. The van der Waals surface area contributed by atoms with Crippen molar-refractivity contribution in [3.63, 3.8) is 0 Å². The van der Waals surface area contributed by atoms with E-state index in [1.165, 1.54) is 6.92 Å². The molecule has 0 amide bonds. The molecule has 0 heterocycles. The van der Waals surface area contributed by atoms with Gasteiger partial charge in [-0.1, -0.05) is 0 Å². The molecule has 0 aromatic heterocycles. The van der Waals surface area contributed by atoms with E-state index in [0.29, 0.717) is 13.2 Å². The summed E-state index contributed by atoms with van der Waals surface area (Å²) < 4.78 is 9.87. The van der Waals surface area contributed by atoms with Crippen LogP contribution in [0, 0.1) is 0 Å². The van der Waals surface area contributed by atoms with Gasteiger partial charge in [-0.15, -0.1) is 0 Å². The van der Waals surface area contributed by atoms with Crippen LogP contribution in [0.4, 0.5) is 0 Å². The van der Waals surface area contributed by atoms with Crippen LogP contribution in [0.1, 0.15) is 26.7 Å². The van der Waals surface area contributed by atoms with Crippen LogP contribution in [0.25, 0.3) is 0 Å². The van der Waals surface area contributed by atoms with Crippen LogP contribution in [0.5, 0.6) is 0 Å². The highest BCUT2D eigenvalue weighted by Crippen LogP contribution is 1.92. The zero-order valence-corrected chi connectivity index (χ0v) is 8.17. The van der Waals surface area contributed by atoms with E-state index in [4.69, 9.17) is 9.47 Å². The summed E-state index contributed by atoms with van der Waals surface area (Å²) in [7, 11) is 0. The van der Waals surface area contributed by atoms with Crippen molar-refractivity contribution >= 4 is 11.6 Å². The molecule has 0 fully saturated rings. The summed E-state index contributed by atoms with van der Waals surface area (Å²) in [6.07, 6.45) is 0.296. The Hall–Kier alpha value is -0.740. The number of hydrogen-bond acceptors (Lipinski definition) is 4. The summed E-state index contributed by atoms with van der Waals surface area (Å²) in [4.78, 5) is 21.4. The fourth-order valence-electron chi connectivity index (χ4n) is 0.753. The van der Waals surface area contributed by atoms with E-state index in [9.17, 15) is 9.59 Å². The molecule has 0 aliphatic heterocycles. The number of carbonyl (C=O) groups is 2. The fraction of sp³-hybridized carbons (Fsp3) is 0.778. The van der Waals surface area contributed by atoms with Crippen molar-refractivity contribution in [1.82, 2.24) is 0 Å². The molecule has 4 heteroatoms. The maximum Gasteiger partial charge on any atom is 0.146 e. The number of ether oxygens (including phenoxy) is 2. The lowest BCUT2D eigenvalue weighted by Gasteiger charge is -2.02. The molecule has 0 aliphatic rings. The maximum atomic E-state index is 10.9. The van der Waals surface area contributed by atoms with Gasteiger partial charge in [0.1, 0.15) is 18.4 Å². The smallest absolute Gasteiger partial charge is 0.146 e. The lowest BCUT2D eigenvalue weighted by Crippen LogP contribution is -2.09. The molecule has 0 unspecified atom stereocenters. The number of rotatable bonds is 8. The number of ketones is 2. The molecule has 0 saturated carbocycles. The van der Waals surface area contributed by atoms with Crippen molar-refractivity contribution in [2.24, 2.45) is 0 Å². The Morgan fingerprint density at radius 3 is 2.46 bits per heavy atom. The Labute approximate surface area is 78.2 Å². The second-order valence-corrected chi connectivity index (χ2v) is 2.69. The highest BCUT2D eigenvalue weighted by molar-refractivity contribution is 5.97. The van der Waals surface area contributed by atoms with Gasteiger partial charge in [0.25, 0.3) is 0 Å². The first-order valence-corrected chi connectivity index (χ1v) is 4.33. The quantitative estimate of drug-likeness (QED) is 0.323. The fourth-order valence-corrected chi connectivity index (χ4v) is 0.753. The first kappa shape index (κ1) is 12.3. The number of hydrogen-bond donors (Lipinski definition) is 0. The van der Waals surface area contributed by atoms with Crippen molar-refractivity contribution in [2.45, 2.75) is 26.7 Å². The van der Waals surface area contributed by atoms with Crippen LogP contribution < -0.4 is 0 Å². The topological polar surface area (TPSA) is 52.6 Å². The predicted molar refractivity (Wildman–Crippen MR) is 47.4 cm³/mol. The van der Waals surface area contributed by atoms with Gasteiger partial charge in [0.15, 0.2) is 0 Å². The van der Waals surface area contributed by atoms with Crippen molar-refractivity contribution in [3.05, 3.63) is 0 Å². The zero-order chi connectivity index (χ0) is 10.1. The average molecular weight is 188 g/mol. The summed E-state index contributed by atoms with van der Waals surface area (Å²) >= 11 is 0. The Morgan fingerprint density at radius 1 is 1.23 bits per heavy atom. The van der Waals surface area contributed by atoms with E-state index in [-0.39, 0.29) is 31.2 Å². The average Bonchev–Trinajstić information content (AvgIpc) is 2.02.